The monoisotopic (exact) mass is 319 g/mol. The lowest BCUT2D eigenvalue weighted by atomic mass is 10.1. The molecule has 0 aliphatic carbocycles. The average Bonchev–Trinajstić information content (AvgIpc) is 2.93. The number of rotatable bonds is 8. The number of nitrogens with two attached hydrogens (primary N) is 1. The highest BCUT2D eigenvalue weighted by Gasteiger charge is 2.11. The molecule has 0 aromatic carbocycles. The van der Waals surface area contributed by atoms with Crippen molar-refractivity contribution >= 4 is 11.7 Å². The van der Waals surface area contributed by atoms with Gasteiger partial charge in [-0.25, -0.2) is 9.97 Å². The smallest absolute Gasteiger partial charge is 0.273 e. The molecule has 0 unspecified atom stereocenters. The molecule has 4 N–H and O–H groups in total. The van der Waals surface area contributed by atoms with E-state index >= 15 is 0 Å². The molecule has 9 nitrogen and oxygen atoms in total. The average molecular weight is 319 g/mol. The van der Waals surface area contributed by atoms with E-state index in [4.69, 9.17) is 10.3 Å². The minimum absolute atomic E-state index is 0.113. The number of anilines is 1. The molecule has 2 heterocycles. The topological polar surface area (TPSA) is 132 Å². The van der Waals surface area contributed by atoms with Gasteiger partial charge in [0.2, 0.25) is 5.89 Å². The summed E-state index contributed by atoms with van der Waals surface area (Å²) in [5.41, 5.74) is 5.71. The van der Waals surface area contributed by atoms with Crippen LogP contribution in [0.4, 0.5) is 5.82 Å². The minimum atomic E-state index is -0.352. The van der Waals surface area contributed by atoms with Crippen molar-refractivity contribution in [2.45, 2.75) is 26.8 Å². The second-order valence-electron chi connectivity index (χ2n) is 5.43. The molecule has 0 radical (unpaired) electrons. The van der Waals surface area contributed by atoms with E-state index in [9.17, 15) is 4.79 Å². The van der Waals surface area contributed by atoms with E-state index in [0.29, 0.717) is 37.3 Å². The van der Waals surface area contributed by atoms with Crippen LogP contribution >= 0.6 is 0 Å². The summed E-state index contributed by atoms with van der Waals surface area (Å²) in [6, 6.07) is 0. The molecule has 0 fully saturated rings. The lowest BCUT2D eigenvalue weighted by Gasteiger charge is -2.06. The molecule has 2 rings (SSSR count). The predicted molar refractivity (Wildman–Crippen MR) is 83.3 cm³/mol. The van der Waals surface area contributed by atoms with Gasteiger partial charge >= 0.3 is 0 Å². The maximum Gasteiger partial charge on any atom is 0.273 e. The fourth-order valence-corrected chi connectivity index (χ4v) is 1.88. The van der Waals surface area contributed by atoms with Crippen molar-refractivity contribution in [3.63, 3.8) is 0 Å². The SMILES string of the molecule is CC(C)Cc1noc(CNCCNC(=O)c2nccnc2N)n1. The number of nitrogen functional groups attached to an aromatic ring is 1. The zero-order chi connectivity index (χ0) is 16.7. The van der Waals surface area contributed by atoms with Gasteiger partial charge in [-0.05, 0) is 5.92 Å². The summed E-state index contributed by atoms with van der Waals surface area (Å²) in [5, 5.41) is 9.73. The quantitative estimate of drug-likeness (QED) is 0.586. The zero-order valence-electron chi connectivity index (χ0n) is 13.2. The van der Waals surface area contributed by atoms with E-state index in [1.165, 1.54) is 12.4 Å². The first-order chi connectivity index (χ1) is 11.1. The van der Waals surface area contributed by atoms with Gasteiger partial charge in [-0.15, -0.1) is 0 Å². The Labute approximate surface area is 134 Å². The summed E-state index contributed by atoms with van der Waals surface area (Å²) < 4.78 is 5.13. The van der Waals surface area contributed by atoms with Gasteiger partial charge in [0.1, 0.15) is 0 Å². The highest BCUT2D eigenvalue weighted by Crippen LogP contribution is 2.04. The van der Waals surface area contributed by atoms with Gasteiger partial charge < -0.3 is 20.9 Å². The van der Waals surface area contributed by atoms with Gasteiger partial charge in [0.25, 0.3) is 5.91 Å². The number of hydrogen-bond donors (Lipinski definition) is 3. The largest absolute Gasteiger partial charge is 0.382 e. The maximum absolute atomic E-state index is 11.8. The molecular formula is C14H21N7O2. The van der Waals surface area contributed by atoms with Crippen LogP contribution in [0.5, 0.6) is 0 Å². The van der Waals surface area contributed by atoms with E-state index in [-0.39, 0.29) is 17.4 Å². The van der Waals surface area contributed by atoms with E-state index in [0.717, 1.165) is 6.42 Å². The Kier molecular flexibility index (Phi) is 5.98. The molecule has 9 heteroatoms. The van der Waals surface area contributed by atoms with Crippen molar-refractivity contribution < 1.29 is 9.32 Å². The Balaban J connectivity index is 1.67. The summed E-state index contributed by atoms with van der Waals surface area (Å²) in [7, 11) is 0. The molecule has 0 aliphatic rings. The van der Waals surface area contributed by atoms with Gasteiger partial charge in [-0.3, -0.25) is 4.79 Å². The molecular weight excluding hydrogens is 298 g/mol. The second-order valence-corrected chi connectivity index (χ2v) is 5.43. The van der Waals surface area contributed by atoms with Crippen LogP contribution in [0.1, 0.15) is 36.1 Å². The molecule has 2 aromatic heterocycles. The van der Waals surface area contributed by atoms with Crippen molar-refractivity contribution in [2.75, 3.05) is 18.8 Å². The standard InChI is InChI=1S/C14H21N7O2/c1-9(2)7-10-20-11(23-21-10)8-16-3-4-19-14(22)12-13(15)18-6-5-17-12/h5-6,9,16H,3-4,7-8H2,1-2H3,(H2,15,18)(H,19,22). The lowest BCUT2D eigenvalue weighted by molar-refractivity contribution is 0.0949. The van der Waals surface area contributed by atoms with Crippen LogP contribution in [0, 0.1) is 5.92 Å². The summed E-state index contributed by atoms with van der Waals surface area (Å²) in [5.74, 6) is 1.49. The summed E-state index contributed by atoms with van der Waals surface area (Å²) in [4.78, 5) is 23.8. The summed E-state index contributed by atoms with van der Waals surface area (Å²) in [6.45, 7) is 5.62. The van der Waals surface area contributed by atoms with Crippen LogP contribution in [-0.2, 0) is 13.0 Å². The molecule has 0 saturated carbocycles. The van der Waals surface area contributed by atoms with Crippen LogP contribution in [0.3, 0.4) is 0 Å². The first-order valence-electron chi connectivity index (χ1n) is 7.43. The normalized spacial score (nSPS) is 10.9. The van der Waals surface area contributed by atoms with Gasteiger partial charge in [-0.1, -0.05) is 19.0 Å². The van der Waals surface area contributed by atoms with Crippen LogP contribution in [0.2, 0.25) is 0 Å². The van der Waals surface area contributed by atoms with Crippen molar-refractivity contribution in [3.8, 4) is 0 Å². The molecule has 2 aromatic rings. The summed E-state index contributed by atoms with van der Waals surface area (Å²) >= 11 is 0. The molecule has 23 heavy (non-hydrogen) atoms. The number of nitrogens with zero attached hydrogens (tertiary/aromatic N) is 4. The number of nitrogens with one attached hydrogen (secondary N) is 2. The fourth-order valence-electron chi connectivity index (χ4n) is 1.88. The minimum Gasteiger partial charge on any atom is -0.382 e. The van der Waals surface area contributed by atoms with Crippen molar-refractivity contribution in [2.24, 2.45) is 5.92 Å². The summed E-state index contributed by atoms with van der Waals surface area (Å²) in [6.07, 6.45) is 3.65. The Morgan fingerprint density at radius 1 is 1.30 bits per heavy atom. The second kappa shape index (κ2) is 8.18. The van der Waals surface area contributed by atoms with Gasteiger partial charge in [-0.2, -0.15) is 4.98 Å². The van der Waals surface area contributed by atoms with Gasteiger partial charge in [0.15, 0.2) is 17.3 Å². The molecule has 0 bridgehead atoms. The highest BCUT2D eigenvalue weighted by molar-refractivity contribution is 5.96. The van der Waals surface area contributed by atoms with Crippen molar-refractivity contribution in [1.29, 1.82) is 0 Å². The predicted octanol–water partition coefficient (Wildman–Crippen LogP) is 0.160. The molecule has 0 spiro atoms. The number of carbonyl (C=O) groups excluding carboxylic acids is 1. The lowest BCUT2D eigenvalue weighted by Crippen LogP contribution is -2.32. The maximum atomic E-state index is 11.8. The Morgan fingerprint density at radius 3 is 2.83 bits per heavy atom. The number of carbonyl (C=O) groups is 1. The Bertz CT molecular complexity index is 642. The molecule has 0 aliphatic heterocycles. The Hall–Kier alpha value is -2.55. The van der Waals surface area contributed by atoms with Crippen molar-refractivity contribution in [3.05, 3.63) is 29.8 Å². The van der Waals surface area contributed by atoms with Crippen molar-refractivity contribution in [1.82, 2.24) is 30.7 Å². The molecule has 0 atom stereocenters. The van der Waals surface area contributed by atoms with Gasteiger partial charge in [0.05, 0.1) is 6.54 Å². The number of aromatic nitrogens is 4. The van der Waals surface area contributed by atoms with Crippen LogP contribution < -0.4 is 16.4 Å². The number of amides is 1. The number of hydrogen-bond acceptors (Lipinski definition) is 8. The van der Waals surface area contributed by atoms with Gasteiger partial charge in [0, 0.05) is 31.9 Å². The fraction of sp³-hybridized carbons (Fsp3) is 0.500. The highest BCUT2D eigenvalue weighted by atomic mass is 16.5. The first kappa shape index (κ1) is 16.8. The third kappa shape index (κ3) is 5.29. The molecule has 1 amide bonds. The third-order valence-corrected chi connectivity index (χ3v) is 2.91. The molecule has 0 saturated heterocycles. The van der Waals surface area contributed by atoms with Crippen LogP contribution in [0.25, 0.3) is 0 Å². The Morgan fingerprint density at radius 2 is 2.09 bits per heavy atom. The first-order valence-corrected chi connectivity index (χ1v) is 7.43. The molecule has 124 valence electrons. The third-order valence-electron chi connectivity index (χ3n) is 2.91. The van der Waals surface area contributed by atoms with E-state index in [2.05, 4.69) is 44.6 Å². The zero-order valence-corrected chi connectivity index (χ0v) is 13.2. The van der Waals surface area contributed by atoms with Crippen LogP contribution in [-0.4, -0.2) is 39.1 Å². The van der Waals surface area contributed by atoms with E-state index in [1.54, 1.807) is 0 Å². The van der Waals surface area contributed by atoms with Crippen LogP contribution in [0.15, 0.2) is 16.9 Å². The van der Waals surface area contributed by atoms with E-state index in [1.807, 2.05) is 0 Å². The van der Waals surface area contributed by atoms with E-state index < -0.39 is 0 Å².